The molecular formula is C16H19F3O6S. The Bertz CT molecular complexity index is 848. The van der Waals surface area contributed by atoms with Crippen LogP contribution in [0.5, 0.6) is 0 Å². The Morgan fingerprint density at radius 2 is 1.85 bits per heavy atom. The molecule has 3 aliphatic carbocycles. The van der Waals surface area contributed by atoms with Gasteiger partial charge in [-0.25, -0.2) is 0 Å². The molecule has 3 aliphatic rings. The summed E-state index contributed by atoms with van der Waals surface area (Å²) in [5, 5.41) is 21.4. The fourth-order valence-corrected chi connectivity index (χ4v) is 4.58. The van der Waals surface area contributed by atoms with E-state index >= 15 is 0 Å². The van der Waals surface area contributed by atoms with Crippen molar-refractivity contribution in [3.8, 4) is 0 Å². The Labute approximate surface area is 148 Å². The molecule has 0 bridgehead atoms. The average Bonchev–Trinajstić information content (AvgIpc) is 3.26. The lowest BCUT2D eigenvalue weighted by Crippen LogP contribution is -2.50. The molecule has 0 aromatic carbocycles. The minimum absolute atomic E-state index is 0.00744. The first kappa shape index (κ1) is 19.5. The highest BCUT2D eigenvalue weighted by molar-refractivity contribution is 7.87. The second-order valence-electron chi connectivity index (χ2n) is 7.65. The van der Waals surface area contributed by atoms with Gasteiger partial charge in [0.05, 0.1) is 12.7 Å². The van der Waals surface area contributed by atoms with Crippen molar-refractivity contribution in [1.82, 2.24) is 0 Å². The van der Waals surface area contributed by atoms with Gasteiger partial charge in [-0.05, 0) is 32.3 Å². The molecule has 1 spiro atoms. The van der Waals surface area contributed by atoms with Crippen LogP contribution in [0, 0.1) is 10.8 Å². The number of hydrogen-bond donors (Lipinski definition) is 2. The molecule has 3 atom stereocenters. The Hall–Kier alpha value is -1.23. The lowest BCUT2D eigenvalue weighted by Gasteiger charge is -2.39. The van der Waals surface area contributed by atoms with Crippen molar-refractivity contribution in [2.75, 3.05) is 6.61 Å². The number of halogens is 3. The summed E-state index contributed by atoms with van der Waals surface area (Å²) >= 11 is 0. The summed E-state index contributed by atoms with van der Waals surface area (Å²) in [6.07, 6.45) is 0.889. The number of ketones is 1. The van der Waals surface area contributed by atoms with Gasteiger partial charge in [0.1, 0.15) is 5.60 Å². The molecule has 0 aliphatic heterocycles. The topological polar surface area (TPSA) is 101 Å². The number of aliphatic hydroxyl groups excluding tert-OH is 1. The molecule has 1 fully saturated rings. The predicted octanol–water partition coefficient (Wildman–Crippen LogP) is 1.59. The van der Waals surface area contributed by atoms with Crippen LogP contribution < -0.4 is 0 Å². The molecule has 3 unspecified atom stereocenters. The van der Waals surface area contributed by atoms with Gasteiger partial charge in [0.2, 0.25) is 0 Å². The fraction of sp³-hybridized carbons (Fsp3) is 0.688. The summed E-state index contributed by atoms with van der Waals surface area (Å²) in [6, 6.07) is 0. The molecular weight excluding hydrogens is 377 g/mol. The van der Waals surface area contributed by atoms with Crippen LogP contribution in [0.15, 0.2) is 22.8 Å². The molecule has 1 saturated carbocycles. The lowest BCUT2D eigenvalue weighted by molar-refractivity contribution is -0.138. The molecule has 0 amide bonds. The summed E-state index contributed by atoms with van der Waals surface area (Å²) in [6.45, 7) is 3.37. The van der Waals surface area contributed by atoms with Gasteiger partial charge >= 0.3 is 15.6 Å². The normalized spacial score (nSPS) is 36.4. The van der Waals surface area contributed by atoms with Gasteiger partial charge < -0.3 is 10.2 Å². The third-order valence-corrected chi connectivity index (χ3v) is 6.96. The zero-order valence-corrected chi connectivity index (χ0v) is 15.2. The van der Waals surface area contributed by atoms with Crippen molar-refractivity contribution in [1.29, 1.82) is 0 Å². The first-order valence-electron chi connectivity index (χ1n) is 7.96. The van der Waals surface area contributed by atoms with E-state index in [1.165, 1.54) is 19.9 Å². The average molecular weight is 396 g/mol. The number of fused-ring (bicyclic) bond motifs is 1. The third kappa shape index (κ3) is 2.35. The fourth-order valence-electron chi connectivity index (χ4n) is 4.04. The molecule has 3 rings (SSSR count). The molecule has 0 heterocycles. The van der Waals surface area contributed by atoms with Gasteiger partial charge in [0.15, 0.2) is 5.78 Å². The van der Waals surface area contributed by atoms with Crippen LogP contribution in [0.4, 0.5) is 13.2 Å². The second-order valence-corrected chi connectivity index (χ2v) is 9.26. The molecule has 26 heavy (non-hydrogen) atoms. The summed E-state index contributed by atoms with van der Waals surface area (Å²) in [7, 11) is -5.83. The molecule has 0 aromatic heterocycles. The van der Waals surface area contributed by atoms with Gasteiger partial charge in [0, 0.05) is 16.4 Å². The highest BCUT2D eigenvalue weighted by atomic mass is 32.2. The van der Waals surface area contributed by atoms with E-state index in [-0.39, 0.29) is 11.1 Å². The second kappa shape index (κ2) is 5.18. The summed E-state index contributed by atoms with van der Waals surface area (Å²) in [5.74, 6) is -0.628. The summed E-state index contributed by atoms with van der Waals surface area (Å²) in [4.78, 5) is 12.7. The van der Waals surface area contributed by atoms with E-state index in [0.29, 0.717) is 18.4 Å². The number of alkyl halides is 3. The van der Waals surface area contributed by atoms with E-state index in [1.807, 2.05) is 0 Å². The van der Waals surface area contributed by atoms with Crippen LogP contribution >= 0.6 is 0 Å². The van der Waals surface area contributed by atoms with Crippen molar-refractivity contribution in [3.05, 3.63) is 22.8 Å². The van der Waals surface area contributed by atoms with Crippen LogP contribution in [-0.2, 0) is 19.1 Å². The smallest absolute Gasteiger partial charge is 0.387 e. The van der Waals surface area contributed by atoms with Gasteiger partial charge in [0.25, 0.3) is 0 Å². The maximum atomic E-state index is 12.7. The maximum Gasteiger partial charge on any atom is 0.523 e. The summed E-state index contributed by atoms with van der Waals surface area (Å²) < 4.78 is 63.8. The molecule has 0 saturated heterocycles. The number of hydrogen-bond acceptors (Lipinski definition) is 6. The zero-order valence-electron chi connectivity index (χ0n) is 14.3. The Morgan fingerprint density at radius 1 is 1.31 bits per heavy atom. The molecule has 146 valence electrons. The zero-order chi connectivity index (χ0) is 19.9. The molecule has 10 heteroatoms. The van der Waals surface area contributed by atoms with Crippen molar-refractivity contribution in [3.63, 3.8) is 0 Å². The van der Waals surface area contributed by atoms with Crippen molar-refractivity contribution in [2.45, 2.75) is 50.8 Å². The van der Waals surface area contributed by atoms with E-state index in [0.717, 1.165) is 0 Å². The molecule has 6 nitrogen and oxygen atoms in total. The molecule has 0 aromatic rings. The Kier molecular flexibility index (Phi) is 3.89. The first-order chi connectivity index (χ1) is 11.6. The van der Waals surface area contributed by atoms with Crippen LogP contribution in [0.2, 0.25) is 0 Å². The summed E-state index contributed by atoms with van der Waals surface area (Å²) in [5.41, 5.74) is -8.76. The van der Waals surface area contributed by atoms with E-state index in [4.69, 9.17) is 0 Å². The van der Waals surface area contributed by atoms with E-state index < -0.39 is 50.6 Å². The largest absolute Gasteiger partial charge is 0.523 e. The van der Waals surface area contributed by atoms with E-state index in [1.54, 1.807) is 6.92 Å². The quantitative estimate of drug-likeness (QED) is 0.555. The van der Waals surface area contributed by atoms with Gasteiger partial charge in [-0.15, -0.1) is 0 Å². The number of carbonyl (C=O) groups is 1. The van der Waals surface area contributed by atoms with Gasteiger partial charge in [-0.1, -0.05) is 18.6 Å². The maximum absolute atomic E-state index is 12.7. The Balaban J connectivity index is 1.99. The highest BCUT2D eigenvalue weighted by Crippen LogP contribution is 2.65. The predicted molar refractivity (Wildman–Crippen MR) is 83.1 cm³/mol. The number of Topliss-reactive ketones (excluding diaryl/α,β-unsaturated/α-hetero) is 1. The monoisotopic (exact) mass is 396 g/mol. The van der Waals surface area contributed by atoms with Crippen LogP contribution in [0.3, 0.4) is 0 Å². The van der Waals surface area contributed by atoms with Gasteiger partial charge in [-0.3, -0.25) is 8.98 Å². The van der Waals surface area contributed by atoms with Crippen LogP contribution in [-0.4, -0.2) is 48.2 Å². The van der Waals surface area contributed by atoms with Crippen molar-refractivity contribution < 1.29 is 40.8 Å². The van der Waals surface area contributed by atoms with Gasteiger partial charge in [-0.2, -0.15) is 21.6 Å². The number of carbonyl (C=O) groups excluding carboxylic acids is 1. The molecule has 0 radical (unpaired) electrons. The minimum Gasteiger partial charge on any atom is -0.387 e. The standard InChI is InChI=1S/C16H19F3O6S/c1-8-10-9(11(20)14(3,22)15(8)4-5-15)6-13(2,12(10)21)7-25-26(23,24)16(17,18)19/h6,12,21-22H,4-5,7H2,1-3H3. The Morgan fingerprint density at radius 3 is 2.31 bits per heavy atom. The van der Waals surface area contributed by atoms with E-state index in [9.17, 15) is 36.6 Å². The highest BCUT2D eigenvalue weighted by Gasteiger charge is 2.66. The SMILES string of the molecule is CC1=C2C(=CC(C)(COS(=O)(=O)C(F)(F)F)C2O)C(=O)C(C)(O)C12CC2. The van der Waals surface area contributed by atoms with Crippen molar-refractivity contribution >= 4 is 15.9 Å². The molecule has 2 N–H and O–H groups in total. The number of aliphatic hydroxyl groups is 2. The minimum atomic E-state index is -5.83. The lowest BCUT2D eigenvalue weighted by atomic mass is 9.67. The van der Waals surface area contributed by atoms with E-state index in [2.05, 4.69) is 4.18 Å². The van der Waals surface area contributed by atoms with Crippen molar-refractivity contribution in [2.24, 2.45) is 10.8 Å². The van der Waals surface area contributed by atoms with Crippen LogP contribution in [0.1, 0.15) is 33.6 Å². The first-order valence-corrected chi connectivity index (χ1v) is 9.37. The van der Waals surface area contributed by atoms with Crippen LogP contribution in [0.25, 0.3) is 0 Å². The third-order valence-electron chi connectivity index (χ3n) is 5.96. The number of rotatable bonds is 3.